The Labute approximate surface area is 292 Å². The van der Waals surface area contributed by atoms with Gasteiger partial charge in [-0.3, -0.25) is 4.57 Å². The van der Waals surface area contributed by atoms with Crippen molar-refractivity contribution in [1.29, 1.82) is 0 Å². The lowest BCUT2D eigenvalue weighted by atomic mass is 10.00. The highest BCUT2D eigenvalue weighted by Crippen LogP contribution is 2.42. The fourth-order valence-electron chi connectivity index (χ4n) is 7.99. The second-order valence-corrected chi connectivity index (χ2v) is 13.1. The van der Waals surface area contributed by atoms with E-state index in [1.165, 1.54) is 16.6 Å². The van der Waals surface area contributed by atoms with Gasteiger partial charge in [0.2, 0.25) is 5.95 Å². The normalized spacial score (nSPS) is 12.9. The monoisotopic (exact) mass is 655 g/mol. The van der Waals surface area contributed by atoms with Gasteiger partial charge in [0, 0.05) is 49.4 Å². The third-order valence-electron chi connectivity index (χ3n) is 10.3. The molecule has 0 atom stereocenters. The largest absolute Gasteiger partial charge is 0.456 e. The van der Waals surface area contributed by atoms with Crippen LogP contribution in [0.15, 0.2) is 150 Å². The van der Waals surface area contributed by atoms with Crippen LogP contribution < -0.4 is 0 Å². The zero-order valence-electron chi connectivity index (χ0n) is 27.5. The lowest BCUT2D eigenvalue weighted by Crippen LogP contribution is -2.07. The number of aryl methyl sites for hydroxylation is 1. The smallest absolute Gasteiger partial charge is 0.238 e. The minimum Gasteiger partial charge on any atom is -0.456 e. The van der Waals surface area contributed by atoms with E-state index in [2.05, 4.69) is 118 Å². The van der Waals surface area contributed by atoms with Crippen LogP contribution in [0.2, 0.25) is 0 Å². The van der Waals surface area contributed by atoms with Gasteiger partial charge in [0.15, 0.2) is 11.6 Å². The molecule has 0 fully saturated rings. The molecule has 4 heterocycles. The molecule has 1 aliphatic rings. The van der Waals surface area contributed by atoms with E-state index in [1.807, 2.05) is 42.5 Å². The molecule has 6 heteroatoms. The molecule has 11 rings (SSSR count). The summed E-state index contributed by atoms with van der Waals surface area (Å²) >= 11 is 0. The molecule has 6 nitrogen and oxygen atoms in total. The Hall–Kier alpha value is -6.79. The standard InChI is InChI=1S/C45H29N5O/c1-3-13-28(14-4-1)43-46-44(29-23-24-34-33-19-9-12-22-39(33)51-40(34)27-29)48-45(47-43)50-38-21-11-8-18-32(38)36-26-25-35-31-17-7-10-20-37(31)49(41(35)42(36)50)30-15-5-2-6-16-30/h1-6,8-16,18-27H,7,17H2. The van der Waals surface area contributed by atoms with E-state index < -0.39 is 0 Å². The van der Waals surface area contributed by atoms with Crippen LogP contribution in [0.25, 0.3) is 95.1 Å². The first-order chi connectivity index (χ1) is 25.3. The maximum Gasteiger partial charge on any atom is 0.238 e. The van der Waals surface area contributed by atoms with E-state index in [0.717, 1.165) is 78.9 Å². The summed E-state index contributed by atoms with van der Waals surface area (Å²) in [6, 6.07) is 48.4. The number of allylic oxidation sites excluding steroid dienone is 1. The molecular weight excluding hydrogens is 627 g/mol. The van der Waals surface area contributed by atoms with Gasteiger partial charge in [0.25, 0.3) is 0 Å². The molecule has 6 aromatic carbocycles. The Morgan fingerprint density at radius 3 is 2.04 bits per heavy atom. The van der Waals surface area contributed by atoms with Crippen molar-refractivity contribution in [3.8, 4) is 34.4 Å². The van der Waals surface area contributed by atoms with Crippen molar-refractivity contribution >= 4 is 60.7 Å². The highest BCUT2D eigenvalue weighted by molar-refractivity contribution is 6.19. The molecule has 1 aliphatic carbocycles. The maximum absolute atomic E-state index is 6.31. The summed E-state index contributed by atoms with van der Waals surface area (Å²) < 4.78 is 11.0. The third kappa shape index (κ3) is 4.20. The number of nitrogens with zero attached hydrogens (tertiary/aromatic N) is 5. The molecule has 10 aromatic rings. The summed E-state index contributed by atoms with van der Waals surface area (Å²) in [5.74, 6) is 1.76. The Balaban J connectivity index is 1.26. The van der Waals surface area contributed by atoms with Crippen molar-refractivity contribution in [2.24, 2.45) is 0 Å². The van der Waals surface area contributed by atoms with Gasteiger partial charge in [-0.25, -0.2) is 4.98 Å². The van der Waals surface area contributed by atoms with Crippen molar-refractivity contribution < 1.29 is 4.42 Å². The van der Waals surface area contributed by atoms with Crippen LogP contribution in [0, 0.1) is 0 Å². The molecule has 0 spiro atoms. The number of aromatic nitrogens is 5. The number of rotatable bonds is 4. The summed E-state index contributed by atoms with van der Waals surface area (Å²) in [5, 5.41) is 5.71. The number of para-hydroxylation sites is 3. The van der Waals surface area contributed by atoms with Gasteiger partial charge in [-0.15, -0.1) is 0 Å². The predicted molar refractivity (Wildman–Crippen MR) is 207 cm³/mol. The summed E-state index contributed by atoms with van der Waals surface area (Å²) in [6.45, 7) is 0. The van der Waals surface area contributed by atoms with Gasteiger partial charge < -0.3 is 8.98 Å². The van der Waals surface area contributed by atoms with Gasteiger partial charge in [-0.1, -0.05) is 109 Å². The number of hydrogen-bond donors (Lipinski definition) is 0. The van der Waals surface area contributed by atoms with Crippen LogP contribution in [-0.2, 0) is 6.42 Å². The molecular formula is C45H29N5O. The maximum atomic E-state index is 6.31. The van der Waals surface area contributed by atoms with Crippen LogP contribution in [0.3, 0.4) is 0 Å². The van der Waals surface area contributed by atoms with Crippen molar-refractivity contribution in [1.82, 2.24) is 24.1 Å². The topological polar surface area (TPSA) is 61.7 Å². The fraction of sp³-hybridized carbons (Fsp3) is 0.0444. The van der Waals surface area contributed by atoms with E-state index in [-0.39, 0.29) is 0 Å². The minimum absolute atomic E-state index is 0.566. The molecule has 51 heavy (non-hydrogen) atoms. The van der Waals surface area contributed by atoms with Crippen molar-refractivity contribution in [3.63, 3.8) is 0 Å². The third-order valence-corrected chi connectivity index (χ3v) is 10.3. The van der Waals surface area contributed by atoms with E-state index in [1.54, 1.807) is 0 Å². The molecule has 240 valence electrons. The number of fused-ring (bicyclic) bond motifs is 10. The predicted octanol–water partition coefficient (Wildman–Crippen LogP) is 11.1. The van der Waals surface area contributed by atoms with Crippen LogP contribution in [0.5, 0.6) is 0 Å². The highest BCUT2D eigenvalue weighted by Gasteiger charge is 2.25. The molecule has 0 N–H and O–H groups in total. The van der Waals surface area contributed by atoms with Gasteiger partial charge in [-0.05, 0) is 60.9 Å². The Kier molecular flexibility index (Phi) is 5.98. The van der Waals surface area contributed by atoms with E-state index in [9.17, 15) is 0 Å². The Morgan fingerprint density at radius 1 is 0.510 bits per heavy atom. The Morgan fingerprint density at radius 2 is 1.18 bits per heavy atom. The second-order valence-electron chi connectivity index (χ2n) is 13.1. The summed E-state index contributed by atoms with van der Waals surface area (Å²) in [6.07, 6.45) is 6.59. The zero-order chi connectivity index (χ0) is 33.5. The van der Waals surface area contributed by atoms with E-state index >= 15 is 0 Å². The van der Waals surface area contributed by atoms with Crippen molar-refractivity contribution in [2.75, 3.05) is 0 Å². The Bertz CT molecular complexity index is 3020. The van der Waals surface area contributed by atoms with Gasteiger partial charge >= 0.3 is 0 Å². The van der Waals surface area contributed by atoms with Crippen LogP contribution in [0.4, 0.5) is 0 Å². The lowest BCUT2D eigenvalue weighted by Gasteiger charge is -2.14. The van der Waals surface area contributed by atoms with Gasteiger partial charge in [0.1, 0.15) is 11.2 Å². The first kappa shape index (κ1) is 28.1. The highest BCUT2D eigenvalue weighted by atomic mass is 16.3. The van der Waals surface area contributed by atoms with Crippen LogP contribution in [0.1, 0.15) is 17.7 Å². The van der Waals surface area contributed by atoms with Gasteiger partial charge in [0.05, 0.1) is 16.6 Å². The summed E-state index contributed by atoms with van der Waals surface area (Å²) in [7, 11) is 0. The average Bonchev–Trinajstić information content (AvgIpc) is 3.86. The second kappa shape index (κ2) is 10.9. The van der Waals surface area contributed by atoms with Crippen molar-refractivity contribution in [3.05, 3.63) is 157 Å². The molecule has 0 bridgehead atoms. The van der Waals surface area contributed by atoms with E-state index in [0.29, 0.717) is 17.6 Å². The molecule has 0 amide bonds. The average molecular weight is 656 g/mol. The summed E-state index contributed by atoms with van der Waals surface area (Å²) in [4.78, 5) is 15.6. The quantitative estimate of drug-likeness (QED) is 0.189. The molecule has 0 unspecified atom stereocenters. The first-order valence-electron chi connectivity index (χ1n) is 17.4. The van der Waals surface area contributed by atoms with Crippen LogP contribution >= 0.6 is 0 Å². The lowest BCUT2D eigenvalue weighted by molar-refractivity contribution is 0.669. The SMILES string of the molecule is C1=Cc2c(c3ccc4c5ccccc5n(-c5nc(-c6ccccc6)nc(-c6ccc7c(c6)oc6ccccc67)n5)c4c3n2-c2ccccc2)CC1. The zero-order valence-corrected chi connectivity index (χ0v) is 27.5. The van der Waals surface area contributed by atoms with Gasteiger partial charge in [-0.2, -0.15) is 9.97 Å². The molecule has 0 aliphatic heterocycles. The number of benzene rings is 6. The van der Waals surface area contributed by atoms with Crippen molar-refractivity contribution in [2.45, 2.75) is 12.8 Å². The van der Waals surface area contributed by atoms with Crippen LogP contribution in [-0.4, -0.2) is 24.1 Å². The molecule has 0 radical (unpaired) electrons. The molecule has 0 saturated carbocycles. The summed E-state index contributed by atoms with van der Waals surface area (Å²) in [5.41, 5.74) is 10.4. The molecule has 0 saturated heterocycles. The number of hydrogen-bond acceptors (Lipinski definition) is 4. The number of furan rings is 1. The molecule has 4 aromatic heterocycles. The van der Waals surface area contributed by atoms with E-state index in [4.69, 9.17) is 19.4 Å². The minimum atomic E-state index is 0.566. The first-order valence-corrected chi connectivity index (χ1v) is 17.4. The fourth-order valence-corrected chi connectivity index (χ4v) is 7.99.